The standard InChI is InChI=1S/C37H46N2O4/c1-8-36(3,4)42-29-21-20-26(34(24-29)43-37(5,6)9-2)15-12-13-22-38-35(40)31-25-33(27-16-14-17-28(23-27)41-7)39-32-19-11-10-18-30(31)32/h10-11,14,16-21,23-25H,8-9,12-13,15,22H2,1-7H3,(H,38,40). The molecule has 0 spiro atoms. The van der Waals surface area contributed by atoms with E-state index in [1.807, 2.05) is 66.7 Å². The number of pyridine rings is 1. The number of carbonyl (C=O) groups is 1. The molecule has 1 heterocycles. The van der Waals surface area contributed by atoms with Gasteiger partial charge in [-0.2, -0.15) is 0 Å². The average molecular weight is 583 g/mol. The monoisotopic (exact) mass is 582 g/mol. The molecule has 0 saturated heterocycles. The van der Waals surface area contributed by atoms with E-state index in [2.05, 4.69) is 52.9 Å². The largest absolute Gasteiger partial charge is 0.497 e. The predicted octanol–water partition coefficient (Wildman–Crippen LogP) is 8.80. The fourth-order valence-electron chi connectivity index (χ4n) is 4.69. The van der Waals surface area contributed by atoms with Crippen molar-refractivity contribution in [3.8, 4) is 28.5 Å². The number of unbranched alkanes of at least 4 members (excludes halogenated alkanes) is 1. The van der Waals surface area contributed by atoms with Gasteiger partial charge in [-0.25, -0.2) is 4.98 Å². The lowest BCUT2D eigenvalue weighted by Gasteiger charge is -2.29. The number of fused-ring (bicyclic) bond motifs is 1. The van der Waals surface area contributed by atoms with Crippen LogP contribution in [0.15, 0.2) is 72.8 Å². The molecule has 1 amide bonds. The number of hydrogen-bond acceptors (Lipinski definition) is 5. The fraction of sp³-hybridized carbons (Fsp3) is 0.405. The number of carbonyl (C=O) groups excluding carboxylic acids is 1. The second kappa shape index (κ2) is 13.9. The van der Waals surface area contributed by atoms with E-state index in [9.17, 15) is 4.79 Å². The van der Waals surface area contributed by atoms with Crippen molar-refractivity contribution in [2.75, 3.05) is 13.7 Å². The Morgan fingerprint density at radius 2 is 1.56 bits per heavy atom. The van der Waals surface area contributed by atoms with E-state index in [-0.39, 0.29) is 17.1 Å². The Morgan fingerprint density at radius 3 is 2.30 bits per heavy atom. The fourth-order valence-corrected chi connectivity index (χ4v) is 4.69. The van der Waals surface area contributed by atoms with E-state index in [0.29, 0.717) is 12.1 Å². The van der Waals surface area contributed by atoms with Crippen LogP contribution in [0.4, 0.5) is 0 Å². The number of amides is 1. The molecule has 43 heavy (non-hydrogen) atoms. The molecule has 3 aromatic carbocycles. The molecule has 0 atom stereocenters. The summed E-state index contributed by atoms with van der Waals surface area (Å²) in [4.78, 5) is 18.2. The number of benzene rings is 3. The quantitative estimate of drug-likeness (QED) is 0.151. The van der Waals surface area contributed by atoms with Gasteiger partial charge >= 0.3 is 0 Å². The molecule has 0 unspecified atom stereocenters. The maximum Gasteiger partial charge on any atom is 0.252 e. The molecule has 0 saturated carbocycles. The van der Waals surface area contributed by atoms with E-state index >= 15 is 0 Å². The van der Waals surface area contributed by atoms with Crippen molar-refractivity contribution in [2.45, 2.75) is 84.8 Å². The maximum absolute atomic E-state index is 13.4. The van der Waals surface area contributed by atoms with E-state index in [1.54, 1.807) is 7.11 Å². The molecule has 0 aliphatic rings. The first-order valence-corrected chi connectivity index (χ1v) is 15.4. The highest BCUT2D eigenvalue weighted by Gasteiger charge is 2.22. The molecule has 1 aromatic heterocycles. The van der Waals surface area contributed by atoms with Crippen LogP contribution >= 0.6 is 0 Å². The van der Waals surface area contributed by atoms with Crippen LogP contribution in [0, 0.1) is 0 Å². The summed E-state index contributed by atoms with van der Waals surface area (Å²) >= 11 is 0. The Balaban J connectivity index is 1.43. The van der Waals surface area contributed by atoms with Crippen molar-refractivity contribution in [1.29, 1.82) is 0 Å². The topological polar surface area (TPSA) is 69.7 Å². The van der Waals surface area contributed by atoms with Crippen LogP contribution in [0.3, 0.4) is 0 Å². The van der Waals surface area contributed by atoms with Crippen molar-refractivity contribution in [3.63, 3.8) is 0 Å². The van der Waals surface area contributed by atoms with Crippen LogP contribution in [-0.4, -0.2) is 35.7 Å². The third-order valence-electron chi connectivity index (χ3n) is 8.01. The van der Waals surface area contributed by atoms with E-state index < -0.39 is 0 Å². The van der Waals surface area contributed by atoms with Gasteiger partial charge in [0.2, 0.25) is 0 Å². The van der Waals surface area contributed by atoms with Crippen LogP contribution in [-0.2, 0) is 6.42 Å². The predicted molar refractivity (Wildman–Crippen MR) is 175 cm³/mol. The Labute approximate surface area is 256 Å². The first-order valence-electron chi connectivity index (χ1n) is 15.4. The molecule has 0 bridgehead atoms. The van der Waals surface area contributed by atoms with Crippen molar-refractivity contribution in [3.05, 3.63) is 83.9 Å². The molecule has 6 nitrogen and oxygen atoms in total. The van der Waals surface area contributed by atoms with Gasteiger partial charge in [0.15, 0.2) is 0 Å². The van der Waals surface area contributed by atoms with Gasteiger partial charge < -0.3 is 19.5 Å². The number of ether oxygens (including phenoxy) is 3. The van der Waals surface area contributed by atoms with Crippen LogP contribution in [0.25, 0.3) is 22.2 Å². The Bertz CT molecular complexity index is 1540. The summed E-state index contributed by atoms with van der Waals surface area (Å²) in [5, 5.41) is 3.97. The minimum atomic E-state index is -0.279. The minimum Gasteiger partial charge on any atom is -0.497 e. The summed E-state index contributed by atoms with van der Waals surface area (Å²) in [6.45, 7) is 13.2. The highest BCUT2D eigenvalue weighted by atomic mass is 16.5. The highest BCUT2D eigenvalue weighted by molar-refractivity contribution is 6.07. The molecular formula is C37H46N2O4. The molecule has 6 heteroatoms. The van der Waals surface area contributed by atoms with Gasteiger partial charge in [-0.1, -0.05) is 50.2 Å². The van der Waals surface area contributed by atoms with Gasteiger partial charge in [0.05, 0.1) is 23.9 Å². The Morgan fingerprint density at radius 1 is 0.814 bits per heavy atom. The maximum atomic E-state index is 13.4. The lowest BCUT2D eigenvalue weighted by atomic mass is 10.0. The number of methoxy groups -OCH3 is 1. The van der Waals surface area contributed by atoms with Gasteiger partial charge in [-0.05, 0) is 95.7 Å². The third-order valence-corrected chi connectivity index (χ3v) is 8.01. The van der Waals surface area contributed by atoms with E-state index in [4.69, 9.17) is 19.2 Å². The molecule has 0 fully saturated rings. The number of rotatable bonds is 14. The summed E-state index contributed by atoms with van der Waals surface area (Å²) in [6, 6.07) is 23.5. The molecule has 228 valence electrons. The van der Waals surface area contributed by atoms with Gasteiger partial charge in [0, 0.05) is 23.6 Å². The van der Waals surface area contributed by atoms with E-state index in [1.165, 1.54) is 0 Å². The summed E-state index contributed by atoms with van der Waals surface area (Å²) in [6.07, 6.45) is 4.41. The molecule has 1 N–H and O–H groups in total. The second-order valence-electron chi connectivity index (χ2n) is 12.2. The normalized spacial score (nSPS) is 11.8. The van der Waals surface area contributed by atoms with Gasteiger partial charge in [0.25, 0.3) is 5.91 Å². The zero-order valence-corrected chi connectivity index (χ0v) is 26.8. The summed E-state index contributed by atoms with van der Waals surface area (Å²) in [7, 11) is 1.64. The number of aryl methyl sites for hydroxylation is 1. The molecule has 0 radical (unpaired) electrons. The lowest BCUT2D eigenvalue weighted by Crippen LogP contribution is -2.28. The zero-order valence-electron chi connectivity index (χ0n) is 26.8. The Kier molecular flexibility index (Phi) is 10.3. The number of para-hydroxylation sites is 1. The number of nitrogens with zero attached hydrogens (tertiary/aromatic N) is 1. The van der Waals surface area contributed by atoms with Gasteiger partial charge in [0.1, 0.15) is 28.5 Å². The van der Waals surface area contributed by atoms with Crippen LogP contribution in [0.1, 0.15) is 83.1 Å². The molecule has 4 aromatic rings. The van der Waals surface area contributed by atoms with Crippen molar-refractivity contribution < 1.29 is 19.0 Å². The minimum absolute atomic E-state index is 0.100. The first kappa shape index (κ1) is 31.9. The summed E-state index contributed by atoms with van der Waals surface area (Å²) in [5.74, 6) is 2.34. The Hall–Kier alpha value is -4.06. The van der Waals surface area contributed by atoms with Gasteiger partial charge in [-0.15, -0.1) is 0 Å². The van der Waals surface area contributed by atoms with Gasteiger partial charge in [-0.3, -0.25) is 4.79 Å². The molecule has 0 aliphatic heterocycles. The van der Waals surface area contributed by atoms with Crippen molar-refractivity contribution in [1.82, 2.24) is 10.3 Å². The average Bonchev–Trinajstić information content (AvgIpc) is 3.00. The van der Waals surface area contributed by atoms with Crippen molar-refractivity contribution in [2.24, 2.45) is 0 Å². The number of hydrogen-bond donors (Lipinski definition) is 1. The van der Waals surface area contributed by atoms with E-state index in [0.717, 1.165) is 77.1 Å². The lowest BCUT2D eigenvalue weighted by molar-refractivity contribution is 0.0942. The number of nitrogens with one attached hydrogen (secondary N) is 1. The first-order chi connectivity index (χ1) is 20.5. The van der Waals surface area contributed by atoms with Crippen LogP contribution < -0.4 is 19.5 Å². The second-order valence-corrected chi connectivity index (χ2v) is 12.2. The SMILES string of the molecule is CCC(C)(C)Oc1ccc(CCCCNC(=O)c2cc(-c3cccc(OC)c3)nc3ccccc23)c(OC(C)(C)CC)c1. The third kappa shape index (κ3) is 8.50. The molecular weight excluding hydrogens is 536 g/mol. The smallest absolute Gasteiger partial charge is 0.252 e. The molecule has 0 aliphatic carbocycles. The zero-order chi connectivity index (χ0) is 31.0. The summed E-state index contributed by atoms with van der Waals surface area (Å²) in [5.41, 5.74) is 3.66. The van der Waals surface area contributed by atoms with Crippen molar-refractivity contribution >= 4 is 16.8 Å². The summed E-state index contributed by atoms with van der Waals surface area (Å²) < 4.78 is 18.1. The highest BCUT2D eigenvalue weighted by Crippen LogP contribution is 2.33. The van der Waals surface area contributed by atoms with Crippen LogP contribution in [0.5, 0.6) is 17.2 Å². The number of aromatic nitrogens is 1. The van der Waals surface area contributed by atoms with Crippen LogP contribution in [0.2, 0.25) is 0 Å². The molecule has 4 rings (SSSR count).